The fraction of sp³-hybridized carbons (Fsp3) is 0.917. The summed E-state index contributed by atoms with van der Waals surface area (Å²) in [5.41, 5.74) is 0. The lowest BCUT2D eigenvalue weighted by atomic mass is 10.1. The Hall–Kier alpha value is -0.730. The molecule has 7 heteroatoms. The number of carbonyl (C=O) groups excluding carboxylic acids is 1. The SMILES string of the molecule is COC(=O)CCNC1OC(CO)C2OC(C)(C)OC12. The van der Waals surface area contributed by atoms with Gasteiger partial charge >= 0.3 is 5.97 Å². The monoisotopic (exact) mass is 275 g/mol. The van der Waals surface area contributed by atoms with E-state index in [0.717, 1.165) is 0 Å². The summed E-state index contributed by atoms with van der Waals surface area (Å²) in [6, 6.07) is 0. The molecule has 0 aliphatic carbocycles. The Morgan fingerprint density at radius 3 is 2.68 bits per heavy atom. The number of hydrogen-bond donors (Lipinski definition) is 2. The van der Waals surface area contributed by atoms with Gasteiger partial charge in [-0.15, -0.1) is 0 Å². The minimum Gasteiger partial charge on any atom is -0.469 e. The average Bonchev–Trinajstić information content (AvgIpc) is 2.83. The van der Waals surface area contributed by atoms with Crippen LogP contribution in [0, 0.1) is 0 Å². The number of esters is 1. The van der Waals surface area contributed by atoms with Gasteiger partial charge in [0.15, 0.2) is 5.79 Å². The average molecular weight is 275 g/mol. The summed E-state index contributed by atoms with van der Waals surface area (Å²) in [6.45, 7) is 3.94. The van der Waals surface area contributed by atoms with E-state index in [-0.39, 0.29) is 31.2 Å². The quantitative estimate of drug-likeness (QED) is 0.646. The highest BCUT2D eigenvalue weighted by Gasteiger charge is 2.54. The normalized spacial score (nSPS) is 36.2. The molecule has 0 aromatic rings. The van der Waals surface area contributed by atoms with Crippen molar-refractivity contribution in [1.29, 1.82) is 0 Å². The molecule has 0 amide bonds. The van der Waals surface area contributed by atoms with Gasteiger partial charge in [-0.05, 0) is 13.8 Å². The number of aliphatic hydroxyl groups is 1. The topological polar surface area (TPSA) is 86.3 Å². The molecule has 110 valence electrons. The van der Waals surface area contributed by atoms with E-state index in [4.69, 9.17) is 14.2 Å². The molecular formula is C12H21NO6. The molecule has 7 nitrogen and oxygen atoms in total. The third-order valence-corrected chi connectivity index (χ3v) is 3.23. The fourth-order valence-electron chi connectivity index (χ4n) is 2.41. The van der Waals surface area contributed by atoms with E-state index in [2.05, 4.69) is 10.1 Å². The van der Waals surface area contributed by atoms with Crippen molar-refractivity contribution < 1.29 is 28.8 Å². The molecule has 2 aliphatic rings. The van der Waals surface area contributed by atoms with Crippen LogP contribution in [0.2, 0.25) is 0 Å². The zero-order valence-electron chi connectivity index (χ0n) is 11.4. The summed E-state index contributed by atoms with van der Waals surface area (Å²) in [4.78, 5) is 11.0. The second-order valence-corrected chi connectivity index (χ2v) is 5.12. The third-order valence-electron chi connectivity index (χ3n) is 3.23. The van der Waals surface area contributed by atoms with Crippen molar-refractivity contribution in [2.75, 3.05) is 20.3 Å². The lowest BCUT2D eigenvalue weighted by molar-refractivity contribution is -0.193. The van der Waals surface area contributed by atoms with Crippen LogP contribution in [0.3, 0.4) is 0 Å². The number of carbonyl (C=O) groups is 1. The van der Waals surface area contributed by atoms with E-state index in [1.54, 1.807) is 0 Å². The molecule has 2 fully saturated rings. The summed E-state index contributed by atoms with van der Waals surface area (Å²) in [5.74, 6) is -0.973. The Balaban J connectivity index is 1.89. The first-order valence-corrected chi connectivity index (χ1v) is 6.39. The number of methoxy groups -OCH3 is 1. The van der Waals surface area contributed by atoms with Crippen LogP contribution in [0.1, 0.15) is 20.3 Å². The summed E-state index contributed by atoms with van der Waals surface area (Å²) in [5, 5.41) is 12.4. The Bertz CT molecular complexity index is 334. The molecule has 0 saturated carbocycles. The van der Waals surface area contributed by atoms with Gasteiger partial charge in [0.25, 0.3) is 0 Å². The summed E-state index contributed by atoms with van der Waals surface area (Å²) in [7, 11) is 1.35. The Morgan fingerprint density at radius 1 is 1.37 bits per heavy atom. The van der Waals surface area contributed by atoms with Crippen molar-refractivity contribution in [1.82, 2.24) is 5.32 Å². The smallest absolute Gasteiger partial charge is 0.306 e. The minimum atomic E-state index is -0.686. The van der Waals surface area contributed by atoms with Crippen molar-refractivity contribution in [2.45, 2.75) is 50.6 Å². The summed E-state index contributed by atoms with van der Waals surface area (Å²) in [6.07, 6.45) is -1.14. The molecule has 2 heterocycles. The van der Waals surface area contributed by atoms with Crippen molar-refractivity contribution >= 4 is 5.97 Å². The zero-order chi connectivity index (χ0) is 14.0. The molecular weight excluding hydrogens is 254 g/mol. The maximum absolute atomic E-state index is 11.0. The van der Waals surface area contributed by atoms with Gasteiger partial charge in [-0.3, -0.25) is 10.1 Å². The van der Waals surface area contributed by atoms with Gasteiger partial charge in [0.05, 0.1) is 20.1 Å². The molecule has 0 aromatic heterocycles. The fourth-order valence-corrected chi connectivity index (χ4v) is 2.41. The van der Waals surface area contributed by atoms with Gasteiger partial charge in [-0.2, -0.15) is 0 Å². The highest BCUT2D eigenvalue weighted by Crippen LogP contribution is 2.37. The number of rotatable bonds is 5. The van der Waals surface area contributed by atoms with Crippen LogP contribution < -0.4 is 5.32 Å². The van der Waals surface area contributed by atoms with Crippen molar-refractivity contribution in [2.24, 2.45) is 0 Å². The van der Waals surface area contributed by atoms with E-state index in [1.807, 2.05) is 13.8 Å². The maximum Gasteiger partial charge on any atom is 0.306 e. The molecule has 0 bridgehead atoms. The van der Waals surface area contributed by atoms with E-state index >= 15 is 0 Å². The number of hydrogen-bond acceptors (Lipinski definition) is 7. The van der Waals surface area contributed by atoms with Gasteiger partial charge in [0.1, 0.15) is 24.5 Å². The molecule has 2 aliphatic heterocycles. The van der Waals surface area contributed by atoms with Crippen LogP contribution in [-0.4, -0.2) is 61.7 Å². The minimum absolute atomic E-state index is 0.129. The van der Waals surface area contributed by atoms with Gasteiger partial charge < -0.3 is 24.1 Å². The first kappa shape index (κ1) is 14.7. The molecule has 2 rings (SSSR count). The molecule has 0 spiro atoms. The van der Waals surface area contributed by atoms with Gasteiger partial charge in [-0.25, -0.2) is 0 Å². The Morgan fingerprint density at radius 2 is 2.05 bits per heavy atom. The van der Waals surface area contributed by atoms with Gasteiger partial charge in [0.2, 0.25) is 0 Å². The molecule has 0 radical (unpaired) electrons. The Kier molecular flexibility index (Phi) is 4.42. The standard InChI is InChI=1S/C12H21NO6/c1-12(2)18-9-7(6-14)17-11(10(9)19-12)13-5-4-8(15)16-3/h7,9-11,13-14H,4-6H2,1-3H3. The predicted molar refractivity (Wildman–Crippen MR) is 64.2 cm³/mol. The summed E-state index contributed by atoms with van der Waals surface area (Å²) < 4.78 is 21.7. The Labute approximate surface area is 112 Å². The van der Waals surface area contributed by atoms with Crippen LogP contribution in [0.5, 0.6) is 0 Å². The lowest BCUT2D eigenvalue weighted by Gasteiger charge is -2.23. The first-order valence-electron chi connectivity index (χ1n) is 6.39. The molecule has 2 saturated heterocycles. The molecule has 0 aromatic carbocycles. The second-order valence-electron chi connectivity index (χ2n) is 5.12. The molecule has 4 unspecified atom stereocenters. The molecule has 19 heavy (non-hydrogen) atoms. The van der Waals surface area contributed by atoms with Gasteiger partial charge in [-0.1, -0.05) is 0 Å². The highest BCUT2D eigenvalue weighted by molar-refractivity contribution is 5.69. The number of ether oxygens (including phenoxy) is 4. The summed E-state index contributed by atoms with van der Waals surface area (Å²) >= 11 is 0. The first-order chi connectivity index (χ1) is 8.96. The van der Waals surface area contributed by atoms with E-state index in [0.29, 0.717) is 6.54 Å². The highest BCUT2D eigenvalue weighted by atomic mass is 16.8. The maximum atomic E-state index is 11.0. The van der Waals surface area contributed by atoms with Crippen LogP contribution in [0.4, 0.5) is 0 Å². The largest absolute Gasteiger partial charge is 0.469 e. The van der Waals surface area contributed by atoms with Crippen LogP contribution in [-0.2, 0) is 23.7 Å². The zero-order valence-corrected chi connectivity index (χ0v) is 11.4. The van der Waals surface area contributed by atoms with E-state index in [1.165, 1.54) is 7.11 Å². The second kappa shape index (κ2) is 5.72. The number of fused-ring (bicyclic) bond motifs is 1. The number of aliphatic hydroxyl groups excluding tert-OH is 1. The van der Waals surface area contributed by atoms with E-state index < -0.39 is 18.1 Å². The van der Waals surface area contributed by atoms with Crippen molar-refractivity contribution in [3.63, 3.8) is 0 Å². The number of nitrogens with one attached hydrogen (secondary N) is 1. The van der Waals surface area contributed by atoms with Gasteiger partial charge in [0, 0.05) is 6.54 Å². The van der Waals surface area contributed by atoms with Crippen LogP contribution >= 0.6 is 0 Å². The third kappa shape index (κ3) is 3.24. The molecule has 2 N–H and O–H groups in total. The lowest BCUT2D eigenvalue weighted by Crippen LogP contribution is -2.41. The van der Waals surface area contributed by atoms with Crippen molar-refractivity contribution in [3.8, 4) is 0 Å². The van der Waals surface area contributed by atoms with Crippen LogP contribution in [0.25, 0.3) is 0 Å². The van der Waals surface area contributed by atoms with Crippen molar-refractivity contribution in [3.05, 3.63) is 0 Å². The molecule has 4 atom stereocenters. The van der Waals surface area contributed by atoms with E-state index in [9.17, 15) is 9.90 Å². The van der Waals surface area contributed by atoms with Crippen LogP contribution in [0.15, 0.2) is 0 Å². The predicted octanol–water partition coefficient (Wildman–Crippen LogP) is -0.624.